The van der Waals surface area contributed by atoms with Crippen LogP contribution >= 0.6 is 11.8 Å². The fourth-order valence-electron chi connectivity index (χ4n) is 5.99. The molecule has 1 aromatic carbocycles. The molecule has 7 rings (SSSR count). The zero-order valence-corrected chi connectivity index (χ0v) is 19.4. The van der Waals surface area contributed by atoms with Gasteiger partial charge in [0.05, 0.1) is 29.0 Å². The topological polar surface area (TPSA) is 84.7 Å². The fourth-order valence-corrected chi connectivity index (χ4v) is 7.37. The molecular weight excluding hydrogens is 457 g/mol. The first-order valence-electron chi connectivity index (χ1n) is 11.6. The number of cyclic esters (lactones) is 1. The lowest BCUT2D eigenvalue weighted by Gasteiger charge is -2.34. The molecule has 1 N–H and O–H groups in total. The summed E-state index contributed by atoms with van der Waals surface area (Å²) in [6.45, 7) is 4.07. The summed E-state index contributed by atoms with van der Waals surface area (Å²) in [7, 11) is 0. The number of hydrogen-bond acceptors (Lipinski definition) is 7. The van der Waals surface area contributed by atoms with Crippen LogP contribution in [-0.4, -0.2) is 44.4 Å². The highest BCUT2D eigenvalue weighted by Gasteiger charge is 2.39. The molecule has 1 saturated heterocycles. The molecule has 9 heteroatoms. The molecule has 0 radical (unpaired) electrons. The Morgan fingerprint density at radius 2 is 2.00 bits per heavy atom. The van der Waals surface area contributed by atoms with Crippen molar-refractivity contribution in [2.24, 2.45) is 0 Å². The number of aliphatic hydroxyl groups is 1. The van der Waals surface area contributed by atoms with Crippen molar-refractivity contribution in [2.75, 3.05) is 18.8 Å². The van der Waals surface area contributed by atoms with Gasteiger partial charge in [0.1, 0.15) is 12.4 Å². The van der Waals surface area contributed by atoms with Crippen molar-refractivity contribution in [3.63, 3.8) is 0 Å². The summed E-state index contributed by atoms with van der Waals surface area (Å²) in [4.78, 5) is 33.7. The second-order valence-electron chi connectivity index (χ2n) is 9.49. The molecule has 2 atom stereocenters. The molecule has 34 heavy (non-hydrogen) atoms. The molecule has 3 aromatic rings. The molecule has 0 saturated carbocycles. The maximum atomic E-state index is 14.9. The zero-order chi connectivity index (χ0) is 23.3. The maximum Gasteiger partial charge on any atom is 0.340 e. The Hall–Kier alpha value is -2.75. The minimum atomic E-state index is -1.49. The second-order valence-corrected chi connectivity index (χ2v) is 10.5. The van der Waals surface area contributed by atoms with E-state index in [0.717, 1.165) is 53.1 Å². The highest BCUT2D eigenvalue weighted by atomic mass is 32.2. The number of pyridine rings is 2. The molecule has 2 unspecified atom stereocenters. The van der Waals surface area contributed by atoms with Crippen molar-refractivity contribution in [3.8, 4) is 11.4 Å². The van der Waals surface area contributed by atoms with Crippen LogP contribution in [0.3, 0.4) is 0 Å². The lowest BCUT2D eigenvalue weighted by Crippen LogP contribution is -2.32. The largest absolute Gasteiger partial charge is 0.458 e. The van der Waals surface area contributed by atoms with Crippen LogP contribution in [-0.2, 0) is 22.7 Å². The number of aliphatic hydroxyl groups excluding tert-OH is 1. The lowest BCUT2D eigenvalue weighted by atomic mass is 9.92. The number of rotatable bonds is 1. The number of fused-ring (bicyclic) bond motifs is 5. The van der Waals surface area contributed by atoms with Crippen LogP contribution < -0.4 is 5.56 Å². The second kappa shape index (κ2) is 7.13. The van der Waals surface area contributed by atoms with Gasteiger partial charge in [0, 0.05) is 39.3 Å². The summed E-state index contributed by atoms with van der Waals surface area (Å²) in [6, 6.07) is 3.35. The van der Waals surface area contributed by atoms with E-state index in [1.54, 1.807) is 22.4 Å². The molecular formula is C25H22FN3O4S. The lowest BCUT2D eigenvalue weighted by molar-refractivity contribution is -0.157. The summed E-state index contributed by atoms with van der Waals surface area (Å²) in [5, 5.41) is 11.4. The average molecular weight is 480 g/mol. The van der Waals surface area contributed by atoms with Crippen molar-refractivity contribution < 1.29 is 19.0 Å². The van der Waals surface area contributed by atoms with Gasteiger partial charge in [-0.2, -0.15) is 0 Å². The number of aromatic nitrogens is 2. The smallest absolute Gasteiger partial charge is 0.340 e. The fraction of sp³-hybridized carbons (Fsp3) is 0.400. The van der Waals surface area contributed by atoms with Gasteiger partial charge >= 0.3 is 5.97 Å². The highest BCUT2D eigenvalue weighted by molar-refractivity contribution is 7.99. The number of carbonyl (C=O) groups is 1. The van der Waals surface area contributed by atoms with Crippen molar-refractivity contribution in [1.82, 2.24) is 14.5 Å². The van der Waals surface area contributed by atoms with Gasteiger partial charge in [0.25, 0.3) is 5.56 Å². The van der Waals surface area contributed by atoms with E-state index in [2.05, 4.69) is 4.90 Å². The first-order chi connectivity index (χ1) is 16.4. The number of hydrogen-bond donors (Lipinski definition) is 1. The molecule has 0 bridgehead atoms. The Labute approximate surface area is 198 Å². The number of esters is 1. The SMILES string of the molecule is Cc1c(F)cc2nc3c(c4c2c1SCC4N1CCCC1)Cn1c-3cc2c(c1=O)COC(=O)C2O. The maximum absolute atomic E-state index is 14.9. The molecule has 0 spiro atoms. The standard InChI is InChI=1S/C25H22FN3O4S/c1-11-15(26)7-16-20-19(18(10-34-23(11)20)28-4-2-3-5-28)13-8-29-17(21(13)27-16)6-12-14(24(29)31)9-33-25(32)22(12)30/h6-7,18,22,30H,2-5,8-10H2,1H3. The molecule has 174 valence electrons. The van der Waals surface area contributed by atoms with E-state index in [4.69, 9.17) is 9.72 Å². The van der Waals surface area contributed by atoms with Gasteiger partial charge in [0.15, 0.2) is 6.10 Å². The molecule has 4 aliphatic rings. The summed E-state index contributed by atoms with van der Waals surface area (Å²) < 4.78 is 21.5. The number of ether oxygens (including phenoxy) is 1. The van der Waals surface area contributed by atoms with Gasteiger partial charge in [-0.1, -0.05) is 0 Å². The van der Waals surface area contributed by atoms with Crippen LogP contribution in [0.5, 0.6) is 0 Å². The summed E-state index contributed by atoms with van der Waals surface area (Å²) in [6.07, 6.45) is 0.821. The highest BCUT2D eigenvalue weighted by Crippen LogP contribution is 2.50. The third kappa shape index (κ3) is 2.63. The van der Waals surface area contributed by atoms with Gasteiger partial charge in [-0.3, -0.25) is 9.69 Å². The van der Waals surface area contributed by atoms with Gasteiger partial charge in [-0.15, -0.1) is 11.8 Å². The predicted molar refractivity (Wildman–Crippen MR) is 124 cm³/mol. The van der Waals surface area contributed by atoms with Crippen LogP contribution in [0.25, 0.3) is 22.3 Å². The minimum Gasteiger partial charge on any atom is -0.458 e. The summed E-state index contributed by atoms with van der Waals surface area (Å²) in [5.74, 6) is -0.219. The van der Waals surface area contributed by atoms with E-state index >= 15 is 0 Å². The van der Waals surface area contributed by atoms with Crippen LogP contribution in [0, 0.1) is 12.7 Å². The minimum absolute atomic E-state index is 0.148. The molecule has 0 amide bonds. The van der Waals surface area contributed by atoms with Crippen molar-refractivity contribution in [3.05, 3.63) is 56.1 Å². The molecule has 1 fully saturated rings. The molecule has 6 heterocycles. The van der Waals surface area contributed by atoms with E-state index in [1.165, 1.54) is 6.07 Å². The Morgan fingerprint density at radius 1 is 1.21 bits per heavy atom. The molecule has 4 aliphatic heterocycles. The van der Waals surface area contributed by atoms with Crippen molar-refractivity contribution in [1.29, 1.82) is 0 Å². The Kier molecular flexibility index (Phi) is 4.32. The predicted octanol–water partition coefficient (Wildman–Crippen LogP) is 3.21. The molecule has 0 aliphatic carbocycles. The van der Waals surface area contributed by atoms with Crippen LogP contribution in [0.4, 0.5) is 4.39 Å². The van der Waals surface area contributed by atoms with Gasteiger partial charge < -0.3 is 14.4 Å². The number of benzene rings is 1. The van der Waals surface area contributed by atoms with E-state index in [9.17, 15) is 19.1 Å². The first-order valence-corrected chi connectivity index (χ1v) is 12.6. The van der Waals surface area contributed by atoms with Crippen LogP contribution in [0.1, 0.15) is 52.8 Å². The van der Waals surface area contributed by atoms with Crippen molar-refractivity contribution in [2.45, 2.75) is 50.0 Å². The third-order valence-electron chi connectivity index (χ3n) is 7.73. The molecule has 2 aromatic heterocycles. The van der Waals surface area contributed by atoms with Gasteiger partial charge in [-0.25, -0.2) is 14.2 Å². The number of nitrogens with zero attached hydrogens (tertiary/aromatic N) is 3. The molecule has 7 nitrogen and oxygen atoms in total. The Bertz CT molecular complexity index is 1490. The van der Waals surface area contributed by atoms with E-state index < -0.39 is 12.1 Å². The van der Waals surface area contributed by atoms with E-state index in [0.29, 0.717) is 34.6 Å². The Balaban J connectivity index is 1.54. The average Bonchev–Trinajstić information content (AvgIpc) is 3.49. The van der Waals surface area contributed by atoms with Gasteiger partial charge in [-0.05, 0) is 50.0 Å². The van der Waals surface area contributed by atoms with E-state index in [-0.39, 0.29) is 29.6 Å². The quantitative estimate of drug-likeness (QED) is 0.420. The van der Waals surface area contributed by atoms with Crippen LogP contribution in [0.2, 0.25) is 0 Å². The summed E-state index contributed by atoms with van der Waals surface area (Å²) >= 11 is 1.69. The van der Waals surface area contributed by atoms with E-state index in [1.807, 2.05) is 6.92 Å². The van der Waals surface area contributed by atoms with Gasteiger partial charge in [0.2, 0.25) is 0 Å². The number of halogens is 1. The first kappa shape index (κ1) is 20.6. The van der Waals surface area contributed by atoms with Crippen LogP contribution in [0.15, 0.2) is 21.8 Å². The number of likely N-dealkylation sites (tertiary alicyclic amines) is 1. The zero-order valence-electron chi connectivity index (χ0n) is 18.6. The number of thioether (sulfide) groups is 1. The van der Waals surface area contributed by atoms with Crippen molar-refractivity contribution >= 4 is 28.6 Å². The normalized spacial score (nSPS) is 23.1. The Morgan fingerprint density at radius 3 is 2.79 bits per heavy atom. The summed E-state index contributed by atoms with van der Waals surface area (Å²) in [5.41, 5.74) is 4.86. The monoisotopic (exact) mass is 479 g/mol. The third-order valence-corrected chi connectivity index (χ3v) is 9.01. The number of carbonyl (C=O) groups excluding carboxylic acids is 1.